The molecule has 0 aliphatic heterocycles. The van der Waals surface area contributed by atoms with Gasteiger partial charge in [-0.15, -0.1) is 0 Å². The minimum Gasteiger partial charge on any atom is -0.312 e. The lowest BCUT2D eigenvalue weighted by atomic mass is 9.80. The Morgan fingerprint density at radius 3 is 2.48 bits per heavy atom. The van der Waals surface area contributed by atoms with Crippen LogP contribution >= 0.6 is 0 Å². The Bertz CT molecular complexity index is 1360. The van der Waals surface area contributed by atoms with Crippen LogP contribution in [0.1, 0.15) is 29.7 Å². The lowest BCUT2D eigenvalue weighted by Crippen LogP contribution is -2.16. The third kappa shape index (κ3) is 2.92. The number of aromatic nitrogens is 1. The van der Waals surface area contributed by atoms with Crippen LogP contribution in [0.3, 0.4) is 0 Å². The molecule has 0 bridgehead atoms. The number of benzene rings is 3. The Labute approximate surface area is 183 Å². The second kappa shape index (κ2) is 7.28. The topological polar surface area (TPSA) is 4.93 Å². The fraction of sp³-hybridized carbons (Fsp3) is 0.133. The van der Waals surface area contributed by atoms with E-state index >= 15 is 0 Å². The summed E-state index contributed by atoms with van der Waals surface area (Å²) in [6.07, 6.45) is 14.8. The Morgan fingerprint density at radius 1 is 0.774 bits per heavy atom. The second-order valence-corrected chi connectivity index (χ2v) is 8.48. The minimum atomic E-state index is 0.366. The summed E-state index contributed by atoms with van der Waals surface area (Å²) in [4.78, 5) is 0. The number of rotatable bonds is 3. The van der Waals surface area contributed by atoms with Crippen molar-refractivity contribution < 1.29 is 0 Å². The van der Waals surface area contributed by atoms with Crippen molar-refractivity contribution in [3.05, 3.63) is 120 Å². The molecule has 1 heterocycles. The zero-order chi connectivity index (χ0) is 20.8. The molecular formula is C30H25N. The minimum absolute atomic E-state index is 0.366. The van der Waals surface area contributed by atoms with E-state index < -0.39 is 0 Å². The zero-order valence-electron chi connectivity index (χ0n) is 17.7. The van der Waals surface area contributed by atoms with E-state index in [0.29, 0.717) is 11.8 Å². The summed E-state index contributed by atoms with van der Waals surface area (Å²) in [6.45, 7) is 2.20. The fourth-order valence-electron chi connectivity index (χ4n) is 5.11. The number of hydrogen-bond acceptors (Lipinski definition) is 0. The summed E-state index contributed by atoms with van der Waals surface area (Å²) in [5, 5.41) is 1.33. The highest BCUT2D eigenvalue weighted by atomic mass is 15.0. The summed E-state index contributed by atoms with van der Waals surface area (Å²) in [5.41, 5.74) is 9.16. The van der Waals surface area contributed by atoms with Crippen LogP contribution in [-0.2, 0) is 6.42 Å². The highest BCUT2D eigenvalue weighted by Crippen LogP contribution is 2.44. The van der Waals surface area contributed by atoms with Crippen molar-refractivity contribution in [2.75, 3.05) is 0 Å². The fourth-order valence-corrected chi connectivity index (χ4v) is 5.11. The maximum absolute atomic E-state index is 2.49. The SMILES string of the molecule is CCc1ccc(-c2cccc(-n3c4c(c5ccccc53)C=CC3C=CC=CC43)c2)cc1. The lowest BCUT2D eigenvalue weighted by molar-refractivity contribution is 0.661. The molecule has 0 spiro atoms. The average Bonchev–Trinajstić information content (AvgIpc) is 3.19. The molecule has 0 radical (unpaired) electrons. The van der Waals surface area contributed by atoms with Gasteiger partial charge in [0.05, 0.1) is 5.52 Å². The number of nitrogens with zero attached hydrogens (tertiary/aromatic N) is 1. The second-order valence-electron chi connectivity index (χ2n) is 8.48. The normalized spacial score (nSPS) is 18.9. The van der Waals surface area contributed by atoms with Gasteiger partial charge in [-0.1, -0.05) is 98.0 Å². The predicted molar refractivity (Wildman–Crippen MR) is 132 cm³/mol. The van der Waals surface area contributed by atoms with E-state index in [0.717, 1.165) is 6.42 Å². The molecule has 2 unspecified atom stereocenters. The first-order valence-electron chi connectivity index (χ1n) is 11.2. The molecule has 31 heavy (non-hydrogen) atoms. The van der Waals surface area contributed by atoms with Gasteiger partial charge in [-0.2, -0.15) is 0 Å². The monoisotopic (exact) mass is 399 g/mol. The molecule has 150 valence electrons. The van der Waals surface area contributed by atoms with Crippen LogP contribution in [0.2, 0.25) is 0 Å². The third-order valence-corrected chi connectivity index (χ3v) is 6.73. The van der Waals surface area contributed by atoms with E-state index in [4.69, 9.17) is 0 Å². The van der Waals surface area contributed by atoms with Crippen molar-refractivity contribution in [1.82, 2.24) is 4.57 Å². The Balaban J connectivity index is 1.57. The van der Waals surface area contributed by atoms with E-state index in [2.05, 4.69) is 121 Å². The standard InChI is InChI=1S/C30H25N/c1-2-21-14-16-22(17-15-21)24-9-7-10-25(20-24)31-29-13-6-5-12-27(29)28-19-18-23-8-3-4-11-26(23)30(28)31/h3-20,23,26H,2H2,1H3. The largest absolute Gasteiger partial charge is 0.312 e. The molecule has 2 aliphatic rings. The van der Waals surface area contributed by atoms with E-state index in [1.54, 1.807) is 0 Å². The van der Waals surface area contributed by atoms with Gasteiger partial charge in [0.1, 0.15) is 0 Å². The van der Waals surface area contributed by atoms with Crippen LogP contribution < -0.4 is 0 Å². The van der Waals surface area contributed by atoms with Gasteiger partial charge in [-0.25, -0.2) is 0 Å². The smallest absolute Gasteiger partial charge is 0.0537 e. The van der Waals surface area contributed by atoms with Gasteiger partial charge in [0.25, 0.3) is 0 Å². The summed E-state index contributed by atoms with van der Waals surface area (Å²) in [7, 11) is 0. The summed E-state index contributed by atoms with van der Waals surface area (Å²) in [6, 6.07) is 26.8. The zero-order valence-corrected chi connectivity index (χ0v) is 17.7. The molecule has 1 heteroatoms. The Kier molecular flexibility index (Phi) is 4.28. The van der Waals surface area contributed by atoms with Crippen LogP contribution in [0, 0.1) is 5.92 Å². The molecular weight excluding hydrogens is 374 g/mol. The van der Waals surface area contributed by atoms with Crippen molar-refractivity contribution in [2.24, 2.45) is 5.92 Å². The molecule has 0 saturated heterocycles. The molecule has 0 N–H and O–H groups in total. The summed E-state index contributed by atoms with van der Waals surface area (Å²) >= 11 is 0. The van der Waals surface area contributed by atoms with Gasteiger partial charge < -0.3 is 4.57 Å². The van der Waals surface area contributed by atoms with Crippen molar-refractivity contribution in [1.29, 1.82) is 0 Å². The van der Waals surface area contributed by atoms with Crippen LogP contribution in [0.15, 0.2) is 103 Å². The number of fused-ring (bicyclic) bond motifs is 5. The molecule has 0 saturated carbocycles. The number of hydrogen-bond donors (Lipinski definition) is 0. The van der Waals surface area contributed by atoms with E-state index in [9.17, 15) is 0 Å². The van der Waals surface area contributed by atoms with Crippen LogP contribution in [0.5, 0.6) is 0 Å². The number of aryl methyl sites for hydroxylation is 1. The summed E-state index contributed by atoms with van der Waals surface area (Å²) in [5.74, 6) is 0.787. The predicted octanol–water partition coefficient (Wildman–Crippen LogP) is 7.71. The van der Waals surface area contributed by atoms with Crippen molar-refractivity contribution in [3.63, 3.8) is 0 Å². The molecule has 1 nitrogen and oxygen atoms in total. The first-order chi connectivity index (χ1) is 15.3. The first kappa shape index (κ1) is 18.2. The molecule has 4 aromatic rings. The Hall–Kier alpha value is -3.58. The quantitative estimate of drug-likeness (QED) is 0.332. The highest BCUT2D eigenvalue weighted by molar-refractivity contribution is 5.94. The third-order valence-electron chi connectivity index (χ3n) is 6.73. The molecule has 0 fully saturated rings. The molecule has 0 amide bonds. The maximum atomic E-state index is 2.49. The molecule has 1 aromatic heterocycles. The first-order valence-corrected chi connectivity index (χ1v) is 11.2. The van der Waals surface area contributed by atoms with E-state index in [1.165, 1.54) is 44.5 Å². The van der Waals surface area contributed by atoms with Gasteiger partial charge in [0.2, 0.25) is 0 Å². The lowest BCUT2D eigenvalue weighted by Gasteiger charge is -2.28. The van der Waals surface area contributed by atoms with Gasteiger partial charge in [0.15, 0.2) is 0 Å². The van der Waals surface area contributed by atoms with E-state index in [-0.39, 0.29) is 0 Å². The van der Waals surface area contributed by atoms with E-state index in [1.807, 2.05) is 0 Å². The van der Waals surface area contributed by atoms with Crippen molar-refractivity contribution >= 4 is 17.0 Å². The Morgan fingerprint density at radius 2 is 1.61 bits per heavy atom. The van der Waals surface area contributed by atoms with Crippen LogP contribution in [0.25, 0.3) is 33.8 Å². The molecule has 2 atom stereocenters. The average molecular weight is 400 g/mol. The number of para-hydroxylation sites is 1. The molecule has 3 aromatic carbocycles. The van der Waals surface area contributed by atoms with Gasteiger partial charge >= 0.3 is 0 Å². The highest BCUT2D eigenvalue weighted by Gasteiger charge is 2.30. The maximum Gasteiger partial charge on any atom is 0.0537 e. The number of allylic oxidation sites excluding steroid dienone is 5. The van der Waals surface area contributed by atoms with Crippen LogP contribution in [0.4, 0.5) is 0 Å². The summed E-state index contributed by atoms with van der Waals surface area (Å²) < 4.78 is 2.49. The van der Waals surface area contributed by atoms with Crippen LogP contribution in [-0.4, -0.2) is 4.57 Å². The van der Waals surface area contributed by atoms with Gasteiger partial charge in [-0.05, 0) is 41.3 Å². The van der Waals surface area contributed by atoms with Gasteiger partial charge in [-0.3, -0.25) is 0 Å². The van der Waals surface area contributed by atoms with Gasteiger partial charge in [0, 0.05) is 34.2 Å². The molecule has 6 rings (SSSR count). The van der Waals surface area contributed by atoms with Crippen molar-refractivity contribution in [3.8, 4) is 16.8 Å². The molecule has 2 aliphatic carbocycles. The van der Waals surface area contributed by atoms with Crippen molar-refractivity contribution in [2.45, 2.75) is 19.3 Å².